The van der Waals surface area contributed by atoms with Gasteiger partial charge in [-0.1, -0.05) is 11.6 Å². The summed E-state index contributed by atoms with van der Waals surface area (Å²) in [6.45, 7) is 4.71. The van der Waals surface area contributed by atoms with E-state index < -0.39 is 5.97 Å². The number of benzene rings is 1. The summed E-state index contributed by atoms with van der Waals surface area (Å²) in [6.07, 6.45) is 0.722. The van der Waals surface area contributed by atoms with E-state index in [1.165, 1.54) is 0 Å². The first-order chi connectivity index (χ1) is 9.02. The molecule has 1 heterocycles. The maximum Gasteiger partial charge on any atom is 0.336 e. The largest absolute Gasteiger partial charge is 0.478 e. The van der Waals surface area contributed by atoms with Gasteiger partial charge >= 0.3 is 5.97 Å². The van der Waals surface area contributed by atoms with Crippen molar-refractivity contribution in [1.29, 1.82) is 0 Å². The van der Waals surface area contributed by atoms with Crippen LogP contribution in [0.3, 0.4) is 0 Å². The van der Waals surface area contributed by atoms with Crippen LogP contribution in [0.15, 0.2) is 18.2 Å². The number of fused-ring (bicyclic) bond motifs is 1. The molecule has 1 aromatic carbocycles. The number of nitrogens with zero attached hydrogens (tertiary/aromatic N) is 1. The lowest BCUT2D eigenvalue weighted by Crippen LogP contribution is -2.12. The van der Waals surface area contributed by atoms with Crippen molar-refractivity contribution in [1.82, 2.24) is 10.3 Å². The van der Waals surface area contributed by atoms with Crippen molar-refractivity contribution in [2.45, 2.75) is 20.3 Å². The zero-order chi connectivity index (χ0) is 14.0. The minimum atomic E-state index is -0.900. The van der Waals surface area contributed by atoms with E-state index in [1.54, 1.807) is 6.07 Å². The van der Waals surface area contributed by atoms with Crippen LogP contribution < -0.4 is 5.32 Å². The molecule has 0 spiro atoms. The second-order valence-electron chi connectivity index (χ2n) is 4.80. The monoisotopic (exact) mass is 258 g/mol. The molecule has 4 heteroatoms. The van der Waals surface area contributed by atoms with Crippen LogP contribution in [0.25, 0.3) is 10.9 Å². The standard InChI is InChI=1S/C15H18N2O2/c1-9-6-10(2)14-12(7-9)13(15(18)19)8-11(17-14)4-5-16-3/h6-8,16H,4-5H2,1-3H3,(H,18,19). The van der Waals surface area contributed by atoms with Gasteiger partial charge in [0.05, 0.1) is 11.1 Å². The van der Waals surface area contributed by atoms with E-state index in [0.717, 1.165) is 40.7 Å². The molecule has 19 heavy (non-hydrogen) atoms. The Morgan fingerprint density at radius 2 is 2.05 bits per heavy atom. The Kier molecular flexibility index (Phi) is 3.81. The van der Waals surface area contributed by atoms with Gasteiger partial charge in [0, 0.05) is 24.0 Å². The summed E-state index contributed by atoms with van der Waals surface area (Å²) in [5, 5.41) is 13.1. The third-order valence-corrected chi connectivity index (χ3v) is 3.16. The summed E-state index contributed by atoms with van der Waals surface area (Å²) < 4.78 is 0. The Bertz CT molecular complexity index is 636. The molecule has 0 bridgehead atoms. The fraction of sp³-hybridized carbons (Fsp3) is 0.333. The zero-order valence-electron chi connectivity index (χ0n) is 11.4. The van der Waals surface area contributed by atoms with Crippen LogP contribution in [0.4, 0.5) is 0 Å². The Morgan fingerprint density at radius 3 is 2.68 bits per heavy atom. The molecule has 0 saturated heterocycles. The molecule has 0 amide bonds. The number of likely N-dealkylation sites (N-methyl/N-ethyl adjacent to an activating group) is 1. The normalized spacial score (nSPS) is 10.9. The number of aromatic nitrogens is 1. The lowest BCUT2D eigenvalue weighted by Gasteiger charge is -2.10. The van der Waals surface area contributed by atoms with Crippen LogP contribution in [-0.4, -0.2) is 29.7 Å². The number of pyridine rings is 1. The molecule has 0 radical (unpaired) electrons. The van der Waals surface area contributed by atoms with Crippen molar-refractivity contribution < 1.29 is 9.90 Å². The van der Waals surface area contributed by atoms with Gasteiger partial charge in [-0.15, -0.1) is 0 Å². The smallest absolute Gasteiger partial charge is 0.336 e. The second kappa shape index (κ2) is 5.36. The minimum absolute atomic E-state index is 0.336. The third kappa shape index (κ3) is 2.74. The van der Waals surface area contributed by atoms with Gasteiger partial charge in [-0.3, -0.25) is 4.98 Å². The van der Waals surface area contributed by atoms with Gasteiger partial charge in [0.1, 0.15) is 0 Å². The summed E-state index contributed by atoms with van der Waals surface area (Å²) in [5.41, 5.74) is 4.01. The van der Waals surface area contributed by atoms with Crippen LogP contribution in [0, 0.1) is 13.8 Å². The Hall–Kier alpha value is -1.94. The number of hydrogen-bond acceptors (Lipinski definition) is 3. The van der Waals surface area contributed by atoms with Gasteiger partial charge in [0.2, 0.25) is 0 Å². The molecular weight excluding hydrogens is 240 g/mol. The highest BCUT2D eigenvalue weighted by molar-refractivity contribution is 6.03. The van der Waals surface area contributed by atoms with Gasteiger partial charge in [0.15, 0.2) is 0 Å². The fourth-order valence-corrected chi connectivity index (χ4v) is 2.29. The fourth-order valence-electron chi connectivity index (χ4n) is 2.29. The maximum absolute atomic E-state index is 11.4. The van der Waals surface area contributed by atoms with E-state index in [2.05, 4.69) is 10.3 Å². The van der Waals surface area contributed by atoms with Crippen molar-refractivity contribution in [2.24, 2.45) is 0 Å². The molecule has 0 saturated carbocycles. The molecule has 2 aromatic rings. The van der Waals surface area contributed by atoms with Gasteiger partial charge < -0.3 is 10.4 Å². The van der Waals surface area contributed by atoms with Crippen LogP contribution in [-0.2, 0) is 6.42 Å². The minimum Gasteiger partial charge on any atom is -0.478 e. The third-order valence-electron chi connectivity index (χ3n) is 3.16. The Labute approximate surface area is 112 Å². The van der Waals surface area contributed by atoms with Crippen molar-refractivity contribution in [2.75, 3.05) is 13.6 Å². The number of aryl methyl sites for hydroxylation is 2. The molecule has 0 atom stereocenters. The number of carboxylic acids is 1. The molecule has 1 aromatic heterocycles. The summed E-state index contributed by atoms with van der Waals surface area (Å²) in [5.74, 6) is -0.900. The van der Waals surface area contributed by atoms with Crippen LogP contribution in [0.1, 0.15) is 27.2 Å². The molecule has 0 aliphatic carbocycles. The number of aromatic carboxylic acids is 1. The van der Waals surface area contributed by atoms with E-state index in [9.17, 15) is 9.90 Å². The van der Waals surface area contributed by atoms with Gasteiger partial charge in [-0.2, -0.15) is 0 Å². The first kappa shape index (κ1) is 13.5. The number of carbonyl (C=O) groups is 1. The van der Waals surface area contributed by atoms with Gasteiger partial charge in [0.25, 0.3) is 0 Å². The van der Waals surface area contributed by atoms with Crippen LogP contribution in [0.2, 0.25) is 0 Å². The molecular formula is C15H18N2O2. The number of rotatable bonds is 4. The molecule has 0 aliphatic heterocycles. The van der Waals surface area contributed by atoms with E-state index in [1.807, 2.05) is 33.0 Å². The van der Waals surface area contributed by atoms with Crippen molar-refractivity contribution in [3.63, 3.8) is 0 Å². The molecule has 0 aliphatic rings. The Morgan fingerprint density at radius 1 is 1.32 bits per heavy atom. The van der Waals surface area contributed by atoms with Crippen LogP contribution >= 0.6 is 0 Å². The van der Waals surface area contributed by atoms with Crippen LogP contribution in [0.5, 0.6) is 0 Å². The van der Waals surface area contributed by atoms with E-state index in [-0.39, 0.29) is 0 Å². The highest BCUT2D eigenvalue weighted by Crippen LogP contribution is 2.23. The topological polar surface area (TPSA) is 62.2 Å². The molecule has 2 rings (SSSR count). The second-order valence-corrected chi connectivity index (χ2v) is 4.80. The van der Waals surface area contributed by atoms with Gasteiger partial charge in [-0.25, -0.2) is 4.79 Å². The molecule has 4 nitrogen and oxygen atoms in total. The first-order valence-corrected chi connectivity index (χ1v) is 6.31. The number of nitrogens with one attached hydrogen (secondary N) is 1. The van der Waals surface area contributed by atoms with Crippen molar-refractivity contribution in [3.8, 4) is 0 Å². The molecule has 100 valence electrons. The molecule has 2 N–H and O–H groups in total. The lowest BCUT2D eigenvalue weighted by atomic mass is 10.0. The predicted molar refractivity (Wildman–Crippen MR) is 75.8 cm³/mol. The van der Waals surface area contributed by atoms with Crippen molar-refractivity contribution >= 4 is 16.9 Å². The van der Waals surface area contributed by atoms with E-state index in [4.69, 9.17) is 0 Å². The highest BCUT2D eigenvalue weighted by atomic mass is 16.4. The summed E-state index contributed by atoms with van der Waals surface area (Å²) in [7, 11) is 1.87. The van der Waals surface area contributed by atoms with Gasteiger partial charge in [-0.05, 0) is 38.6 Å². The first-order valence-electron chi connectivity index (χ1n) is 6.31. The summed E-state index contributed by atoms with van der Waals surface area (Å²) >= 11 is 0. The summed E-state index contributed by atoms with van der Waals surface area (Å²) in [4.78, 5) is 16.0. The Balaban J connectivity index is 2.68. The SMILES string of the molecule is CNCCc1cc(C(=O)O)c2cc(C)cc(C)c2n1. The quantitative estimate of drug-likeness (QED) is 0.883. The highest BCUT2D eigenvalue weighted by Gasteiger charge is 2.13. The maximum atomic E-state index is 11.4. The molecule has 0 fully saturated rings. The average Bonchev–Trinajstić information content (AvgIpc) is 2.35. The number of carboxylic acid groups (broad SMARTS) is 1. The predicted octanol–water partition coefficient (Wildman–Crippen LogP) is 2.31. The molecule has 0 unspecified atom stereocenters. The zero-order valence-corrected chi connectivity index (χ0v) is 11.4. The average molecular weight is 258 g/mol. The summed E-state index contributed by atoms with van der Waals surface area (Å²) in [6, 6.07) is 5.60. The number of hydrogen-bond donors (Lipinski definition) is 2. The van der Waals surface area contributed by atoms with Crippen molar-refractivity contribution in [3.05, 3.63) is 40.6 Å². The van der Waals surface area contributed by atoms with E-state index >= 15 is 0 Å². The van der Waals surface area contributed by atoms with E-state index in [0.29, 0.717) is 5.56 Å². The lowest BCUT2D eigenvalue weighted by molar-refractivity contribution is 0.0699.